The maximum atomic E-state index is 4.27. The number of rotatable bonds is 2. The van der Waals surface area contributed by atoms with Gasteiger partial charge in [0.15, 0.2) is 0 Å². The van der Waals surface area contributed by atoms with Gasteiger partial charge in [-0.2, -0.15) is 5.10 Å². The highest BCUT2D eigenvalue weighted by molar-refractivity contribution is 5.08. The summed E-state index contributed by atoms with van der Waals surface area (Å²) in [5.41, 5.74) is 1.03. The van der Waals surface area contributed by atoms with E-state index in [0.29, 0.717) is 0 Å². The molecule has 0 fully saturated rings. The van der Waals surface area contributed by atoms with E-state index < -0.39 is 0 Å². The van der Waals surface area contributed by atoms with Crippen LogP contribution in [-0.2, 0) is 0 Å². The Kier molecular flexibility index (Phi) is 2.08. The van der Waals surface area contributed by atoms with E-state index in [1.54, 1.807) is 12.4 Å². The second-order valence-electron chi connectivity index (χ2n) is 2.92. The smallest absolute Gasteiger partial charge is 0.0910 e. The van der Waals surface area contributed by atoms with E-state index in [-0.39, 0.29) is 6.04 Å². The van der Waals surface area contributed by atoms with Crippen LogP contribution in [-0.4, -0.2) is 14.8 Å². The van der Waals surface area contributed by atoms with Crippen LogP contribution in [0.2, 0.25) is 0 Å². The molecule has 1 unspecified atom stereocenters. The van der Waals surface area contributed by atoms with Gasteiger partial charge in [0.1, 0.15) is 0 Å². The molecule has 3 heteroatoms. The summed E-state index contributed by atoms with van der Waals surface area (Å²) in [5.74, 6) is 0. The van der Waals surface area contributed by atoms with Crippen molar-refractivity contribution in [2.75, 3.05) is 0 Å². The van der Waals surface area contributed by atoms with Gasteiger partial charge >= 0.3 is 0 Å². The molecule has 0 spiro atoms. The first-order valence-corrected chi connectivity index (χ1v) is 4.28. The molecule has 0 bridgehead atoms. The van der Waals surface area contributed by atoms with Crippen LogP contribution in [0.25, 0.3) is 0 Å². The molecule has 2 aromatic heterocycles. The Morgan fingerprint density at radius 1 is 1.23 bits per heavy atom. The minimum Gasteiger partial charge on any atom is -0.264 e. The lowest BCUT2D eigenvalue weighted by Crippen LogP contribution is -2.08. The molecular formula is C10H11N3. The van der Waals surface area contributed by atoms with Crippen LogP contribution in [0.15, 0.2) is 42.9 Å². The van der Waals surface area contributed by atoms with Crippen molar-refractivity contribution < 1.29 is 0 Å². The van der Waals surface area contributed by atoms with Gasteiger partial charge < -0.3 is 0 Å². The molecule has 2 rings (SSSR count). The minimum atomic E-state index is 0.205. The lowest BCUT2D eigenvalue weighted by Gasteiger charge is -2.10. The standard InChI is InChI=1S/C10H11N3/c1-9(13-8-4-7-12-13)10-5-2-3-6-11-10/h2-9H,1H3. The van der Waals surface area contributed by atoms with Crippen LogP contribution in [0.3, 0.4) is 0 Å². The molecule has 2 aromatic rings. The van der Waals surface area contributed by atoms with E-state index in [1.807, 2.05) is 35.1 Å². The molecule has 0 N–H and O–H groups in total. The molecule has 66 valence electrons. The Morgan fingerprint density at radius 2 is 2.15 bits per heavy atom. The van der Waals surface area contributed by atoms with E-state index in [1.165, 1.54) is 0 Å². The molecule has 2 heterocycles. The Labute approximate surface area is 77.0 Å². The number of pyridine rings is 1. The zero-order valence-corrected chi connectivity index (χ0v) is 7.46. The average Bonchev–Trinajstić information content (AvgIpc) is 2.71. The van der Waals surface area contributed by atoms with Crippen molar-refractivity contribution in [1.82, 2.24) is 14.8 Å². The Hall–Kier alpha value is -1.64. The molecule has 0 aliphatic carbocycles. The topological polar surface area (TPSA) is 30.7 Å². The van der Waals surface area contributed by atoms with Crippen molar-refractivity contribution in [1.29, 1.82) is 0 Å². The van der Waals surface area contributed by atoms with Gasteiger partial charge in [-0.05, 0) is 25.1 Å². The molecule has 0 aromatic carbocycles. The highest BCUT2D eigenvalue weighted by atomic mass is 15.3. The number of hydrogen-bond donors (Lipinski definition) is 0. The first-order chi connectivity index (χ1) is 6.38. The highest BCUT2D eigenvalue weighted by Gasteiger charge is 2.06. The van der Waals surface area contributed by atoms with Crippen LogP contribution in [0.5, 0.6) is 0 Å². The van der Waals surface area contributed by atoms with Crippen molar-refractivity contribution in [3.63, 3.8) is 0 Å². The average molecular weight is 173 g/mol. The summed E-state index contributed by atoms with van der Waals surface area (Å²) in [5, 5.41) is 4.17. The molecule has 0 aliphatic heterocycles. The van der Waals surface area contributed by atoms with Gasteiger partial charge in [-0.15, -0.1) is 0 Å². The van der Waals surface area contributed by atoms with E-state index in [0.717, 1.165) is 5.69 Å². The lowest BCUT2D eigenvalue weighted by molar-refractivity contribution is 0.551. The fourth-order valence-electron chi connectivity index (χ4n) is 1.27. The molecular weight excluding hydrogens is 162 g/mol. The van der Waals surface area contributed by atoms with Crippen LogP contribution in [0.1, 0.15) is 18.7 Å². The number of hydrogen-bond acceptors (Lipinski definition) is 2. The predicted octanol–water partition coefficient (Wildman–Crippen LogP) is 1.89. The number of nitrogens with zero attached hydrogens (tertiary/aromatic N) is 3. The summed E-state index contributed by atoms with van der Waals surface area (Å²) in [7, 11) is 0. The minimum absolute atomic E-state index is 0.205. The van der Waals surface area contributed by atoms with E-state index in [9.17, 15) is 0 Å². The van der Waals surface area contributed by atoms with Crippen molar-refractivity contribution in [3.05, 3.63) is 48.5 Å². The van der Waals surface area contributed by atoms with E-state index >= 15 is 0 Å². The van der Waals surface area contributed by atoms with Crippen LogP contribution in [0, 0.1) is 0 Å². The van der Waals surface area contributed by atoms with Gasteiger partial charge in [0.2, 0.25) is 0 Å². The Morgan fingerprint density at radius 3 is 2.77 bits per heavy atom. The fraction of sp³-hybridized carbons (Fsp3) is 0.200. The molecule has 0 amide bonds. The lowest BCUT2D eigenvalue weighted by atomic mass is 10.2. The van der Waals surface area contributed by atoms with Gasteiger partial charge in [-0.1, -0.05) is 6.07 Å². The van der Waals surface area contributed by atoms with Crippen LogP contribution >= 0.6 is 0 Å². The van der Waals surface area contributed by atoms with Gasteiger partial charge in [-0.25, -0.2) is 0 Å². The van der Waals surface area contributed by atoms with Gasteiger partial charge in [0.05, 0.1) is 11.7 Å². The van der Waals surface area contributed by atoms with Crippen LogP contribution in [0.4, 0.5) is 0 Å². The van der Waals surface area contributed by atoms with Gasteiger partial charge in [-0.3, -0.25) is 9.67 Å². The quantitative estimate of drug-likeness (QED) is 0.694. The van der Waals surface area contributed by atoms with Crippen LogP contribution < -0.4 is 0 Å². The predicted molar refractivity (Wildman–Crippen MR) is 50.3 cm³/mol. The molecule has 3 nitrogen and oxygen atoms in total. The van der Waals surface area contributed by atoms with Crippen molar-refractivity contribution >= 4 is 0 Å². The van der Waals surface area contributed by atoms with Crippen molar-refractivity contribution in [2.24, 2.45) is 0 Å². The maximum Gasteiger partial charge on any atom is 0.0910 e. The molecule has 1 atom stereocenters. The normalized spacial score (nSPS) is 12.7. The summed E-state index contributed by atoms with van der Waals surface area (Å²) in [4.78, 5) is 4.27. The number of aromatic nitrogens is 3. The van der Waals surface area contributed by atoms with Gasteiger partial charge in [0.25, 0.3) is 0 Å². The Balaban J connectivity index is 2.29. The summed E-state index contributed by atoms with van der Waals surface area (Å²) in [6.07, 6.45) is 5.52. The summed E-state index contributed by atoms with van der Waals surface area (Å²) in [6.45, 7) is 2.08. The van der Waals surface area contributed by atoms with Crippen molar-refractivity contribution in [3.8, 4) is 0 Å². The first-order valence-electron chi connectivity index (χ1n) is 4.28. The Bertz CT molecular complexity index is 353. The summed E-state index contributed by atoms with van der Waals surface area (Å²) >= 11 is 0. The SMILES string of the molecule is CC(c1ccccn1)n1cccn1. The largest absolute Gasteiger partial charge is 0.264 e. The maximum absolute atomic E-state index is 4.27. The third-order valence-electron chi connectivity index (χ3n) is 2.04. The molecule has 13 heavy (non-hydrogen) atoms. The monoisotopic (exact) mass is 173 g/mol. The zero-order valence-electron chi connectivity index (χ0n) is 7.46. The fourth-order valence-corrected chi connectivity index (χ4v) is 1.27. The second kappa shape index (κ2) is 3.39. The third-order valence-corrected chi connectivity index (χ3v) is 2.04. The third kappa shape index (κ3) is 1.59. The van der Waals surface area contributed by atoms with Gasteiger partial charge in [0, 0.05) is 18.6 Å². The molecule has 0 saturated carbocycles. The van der Waals surface area contributed by atoms with Crippen molar-refractivity contribution in [2.45, 2.75) is 13.0 Å². The molecule has 0 aliphatic rings. The zero-order chi connectivity index (χ0) is 9.10. The summed E-state index contributed by atoms with van der Waals surface area (Å²) < 4.78 is 1.89. The second-order valence-corrected chi connectivity index (χ2v) is 2.92. The first kappa shape index (κ1) is 7.98. The van der Waals surface area contributed by atoms with E-state index in [4.69, 9.17) is 0 Å². The molecule has 0 saturated heterocycles. The summed E-state index contributed by atoms with van der Waals surface area (Å²) in [6, 6.07) is 8.03. The highest BCUT2D eigenvalue weighted by Crippen LogP contribution is 2.12. The molecule has 0 radical (unpaired) electrons. The van der Waals surface area contributed by atoms with E-state index in [2.05, 4.69) is 17.0 Å².